The first-order valence-corrected chi connectivity index (χ1v) is 4.85. The van der Waals surface area contributed by atoms with Crippen LogP contribution in [-0.4, -0.2) is 21.9 Å². The number of methoxy groups -OCH3 is 1. The van der Waals surface area contributed by atoms with Gasteiger partial charge in [0.15, 0.2) is 11.5 Å². The summed E-state index contributed by atoms with van der Waals surface area (Å²) in [6.45, 7) is 0. The van der Waals surface area contributed by atoms with Gasteiger partial charge >= 0.3 is 6.18 Å². The molecule has 0 aromatic carbocycles. The van der Waals surface area contributed by atoms with Crippen molar-refractivity contribution < 1.29 is 17.9 Å². The SMILES string of the molecule is COc1cccc(-n2ncc(N)c2C(F)(F)F)n1. The normalized spacial score (nSPS) is 11.6. The summed E-state index contributed by atoms with van der Waals surface area (Å²) < 4.78 is 43.9. The van der Waals surface area contributed by atoms with E-state index in [1.807, 2.05) is 0 Å². The van der Waals surface area contributed by atoms with E-state index in [-0.39, 0.29) is 11.7 Å². The second-order valence-electron chi connectivity index (χ2n) is 3.40. The van der Waals surface area contributed by atoms with Crippen LogP contribution >= 0.6 is 0 Å². The molecule has 0 radical (unpaired) electrons. The number of hydrogen-bond donors (Lipinski definition) is 1. The molecule has 96 valence electrons. The molecule has 0 saturated carbocycles. The van der Waals surface area contributed by atoms with Gasteiger partial charge in [-0.05, 0) is 6.07 Å². The van der Waals surface area contributed by atoms with Gasteiger partial charge in [0.2, 0.25) is 5.88 Å². The molecule has 2 N–H and O–H groups in total. The first-order chi connectivity index (χ1) is 8.43. The standard InChI is InChI=1S/C10H9F3N4O/c1-18-8-4-2-3-7(16-8)17-9(10(11,12)13)6(14)5-15-17/h2-5H,14H2,1H3. The van der Waals surface area contributed by atoms with E-state index in [0.29, 0.717) is 4.68 Å². The smallest absolute Gasteiger partial charge is 0.435 e. The number of hydrogen-bond acceptors (Lipinski definition) is 4. The Balaban J connectivity index is 2.57. The van der Waals surface area contributed by atoms with Crippen LogP contribution in [0.5, 0.6) is 5.88 Å². The summed E-state index contributed by atoms with van der Waals surface area (Å²) in [6.07, 6.45) is -3.67. The third-order valence-corrected chi connectivity index (χ3v) is 2.20. The molecule has 0 spiro atoms. The van der Waals surface area contributed by atoms with Crippen LogP contribution in [0, 0.1) is 0 Å². The summed E-state index contributed by atoms with van der Waals surface area (Å²) in [7, 11) is 1.37. The summed E-state index contributed by atoms with van der Waals surface area (Å²) in [5, 5.41) is 3.58. The van der Waals surface area contributed by atoms with Crippen LogP contribution in [-0.2, 0) is 6.18 Å². The minimum absolute atomic E-state index is 0.0154. The maximum absolute atomic E-state index is 12.8. The number of rotatable bonds is 2. The van der Waals surface area contributed by atoms with Crippen LogP contribution in [0.4, 0.5) is 18.9 Å². The Labute approximate surface area is 100.0 Å². The van der Waals surface area contributed by atoms with Crippen molar-refractivity contribution in [2.24, 2.45) is 0 Å². The Morgan fingerprint density at radius 2 is 2.06 bits per heavy atom. The Bertz CT molecular complexity index is 564. The van der Waals surface area contributed by atoms with E-state index in [1.165, 1.54) is 25.3 Å². The van der Waals surface area contributed by atoms with Crippen molar-refractivity contribution in [3.05, 3.63) is 30.1 Å². The fourth-order valence-electron chi connectivity index (χ4n) is 1.45. The number of ether oxygens (including phenoxy) is 1. The molecule has 2 heterocycles. The van der Waals surface area contributed by atoms with Gasteiger partial charge in [-0.3, -0.25) is 0 Å². The number of aromatic nitrogens is 3. The Hall–Kier alpha value is -2.25. The van der Waals surface area contributed by atoms with Gasteiger partial charge in [-0.15, -0.1) is 0 Å². The lowest BCUT2D eigenvalue weighted by atomic mass is 10.3. The first-order valence-electron chi connectivity index (χ1n) is 4.85. The minimum atomic E-state index is -4.61. The molecule has 0 aliphatic heterocycles. The van der Waals surface area contributed by atoms with Crippen LogP contribution < -0.4 is 10.5 Å². The summed E-state index contributed by atoms with van der Waals surface area (Å²) in [5.41, 5.74) is 3.77. The van der Waals surface area contributed by atoms with Crippen molar-refractivity contribution >= 4 is 5.69 Å². The van der Waals surface area contributed by atoms with Gasteiger partial charge < -0.3 is 10.5 Å². The van der Waals surface area contributed by atoms with Crippen molar-refractivity contribution in [1.29, 1.82) is 0 Å². The average molecular weight is 258 g/mol. The van der Waals surface area contributed by atoms with Crippen LogP contribution in [0.1, 0.15) is 5.69 Å². The third kappa shape index (κ3) is 2.08. The Morgan fingerprint density at radius 3 is 2.67 bits per heavy atom. The van der Waals surface area contributed by atoms with E-state index >= 15 is 0 Å². The molecule has 0 unspecified atom stereocenters. The van der Waals surface area contributed by atoms with Gasteiger partial charge in [-0.1, -0.05) is 6.07 Å². The lowest BCUT2D eigenvalue weighted by molar-refractivity contribution is -0.142. The second kappa shape index (κ2) is 4.21. The number of anilines is 1. The van der Waals surface area contributed by atoms with Gasteiger partial charge in [0.25, 0.3) is 0 Å². The molecule has 0 amide bonds. The predicted octanol–water partition coefficient (Wildman–Crippen LogP) is 1.88. The van der Waals surface area contributed by atoms with E-state index < -0.39 is 17.6 Å². The zero-order chi connectivity index (χ0) is 13.3. The van der Waals surface area contributed by atoms with Crippen molar-refractivity contribution in [2.75, 3.05) is 12.8 Å². The van der Waals surface area contributed by atoms with Crippen molar-refractivity contribution in [1.82, 2.24) is 14.8 Å². The molecule has 2 aromatic heterocycles. The number of nitrogen functional groups attached to an aromatic ring is 1. The zero-order valence-corrected chi connectivity index (χ0v) is 9.27. The number of alkyl halides is 3. The topological polar surface area (TPSA) is 66.0 Å². The molecule has 0 aliphatic rings. The van der Waals surface area contributed by atoms with E-state index in [9.17, 15) is 13.2 Å². The lowest BCUT2D eigenvalue weighted by Crippen LogP contribution is -2.16. The highest BCUT2D eigenvalue weighted by Gasteiger charge is 2.38. The minimum Gasteiger partial charge on any atom is -0.481 e. The Kier molecular flexibility index (Phi) is 2.85. The molecule has 2 aromatic rings. The van der Waals surface area contributed by atoms with E-state index in [4.69, 9.17) is 10.5 Å². The molecule has 8 heteroatoms. The molecule has 18 heavy (non-hydrogen) atoms. The number of pyridine rings is 1. The maximum Gasteiger partial charge on any atom is 0.435 e. The van der Waals surface area contributed by atoms with Gasteiger partial charge in [-0.25, -0.2) is 4.68 Å². The first kappa shape index (κ1) is 12.2. The van der Waals surface area contributed by atoms with Gasteiger partial charge in [0.05, 0.1) is 19.0 Å². The number of halogens is 3. The largest absolute Gasteiger partial charge is 0.481 e. The number of nitrogens with two attached hydrogens (primary N) is 1. The Morgan fingerprint density at radius 1 is 1.33 bits per heavy atom. The van der Waals surface area contributed by atoms with Crippen molar-refractivity contribution in [2.45, 2.75) is 6.18 Å². The maximum atomic E-state index is 12.8. The van der Waals surface area contributed by atoms with Crippen LogP contribution in [0.25, 0.3) is 5.82 Å². The molecule has 0 saturated heterocycles. The van der Waals surface area contributed by atoms with E-state index in [0.717, 1.165) is 6.20 Å². The molecule has 0 bridgehead atoms. The summed E-state index contributed by atoms with van der Waals surface area (Å²) >= 11 is 0. The fourth-order valence-corrected chi connectivity index (χ4v) is 1.45. The van der Waals surface area contributed by atoms with Crippen molar-refractivity contribution in [3.8, 4) is 11.7 Å². The summed E-state index contributed by atoms with van der Waals surface area (Å²) in [5.74, 6) is 0.174. The second-order valence-corrected chi connectivity index (χ2v) is 3.40. The lowest BCUT2D eigenvalue weighted by Gasteiger charge is -2.11. The average Bonchev–Trinajstić information content (AvgIpc) is 2.71. The highest BCUT2D eigenvalue weighted by atomic mass is 19.4. The summed E-state index contributed by atoms with van der Waals surface area (Å²) in [6, 6.07) is 4.41. The van der Waals surface area contributed by atoms with Gasteiger partial charge in [0.1, 0.15) is 0 Å². The van der Waals surface area contributed by atoms with E-state index in [2.05, 4.69) is 10.1 Å². The summed E-state index contributed by atoms with van der Waals surface area (Å²) in [4.78, 5) is 3.87. The molecule has 0 atom stereocenters. The van der Waals surface area contributed by atoms with Gasteiger partial charge in [0, 0.05) is 6.07 Å². The quantitative estimate of drug-likeness (QED) is 0.893. The molecule has 0 aliphatic carbocycles. The van der Waals surface area contributed by atoms with Crippen LogP contribution in [0.2, 0.25) is 0 Å². The van der Waals surface area contributed by atoms with E-state index in [1.54, 1.807) is 0 Å². The fraction of sp³-hybridized carbons (Fsp3) is 0.200. The molecule has 5 nitrogen and oxygen atoms in total. The van der Waals surface area contributed by atoms with Crippen LogP contribution in [0.3, 0.4) is 0 Å². The number of nitrogens with zero attached hydrogens (tertiary/aromatic N) is 3. The monoisotopic (exact) mass is 258 g/mol. The highest BCUT2D eigenvalue weighted by molar-refractivity contribution is 5.46. The third-order valence-electron chi connectivity index (χ3n) is 2.20. The van der Waals surface area contributed by atoms with Gasteiger partial charge in [-0.2, -0.15) is 23.3 Å². The zero-order valence-electron chi connectivity index (χ0n) is 9.27. The van der Waals surface area contributed by atoms with Crippen LogP contribution in [0.15, 0.2) is 24.4 Å². The molecular formula is C10H9F3N4O. The predicted molar refractivity (Wildman–Crippen MR) is 57.3 cm³/mol. The van der Waals surface area contributed by atoms with Crippen molar-refractivity contribution in [3.63, 3.8) is 0 Å². The molecular weight excluding hydrogens is 249 g/mol. The molecule has 2 rings (SSSR count). The molecule has 0 fully saturated rings. The highest BCUT2D eigenvalue weighted by Crippen LogP contribution is 2.34.